The number of ether oxygens (including phenoxy) is 2. The van der Waals surface area contributed by atoms with E-state index in [4.69, 9.17) is 9.47 Å². The van der Waals surface area contributed by atoms with Crippen LogP contribution >= 0.6 is 0 Å². The smallest absolute Gasteiger partial charge is 0.265 e. The summed E-state index contributed by atoms with van der Waals surface area (Å²) >= 11 is 0. The van der Waals surface area contributed by atoms with Crippen molar-refractivity contribution < 1.29 is 19.1 Å². The predicted molar refractivity (Wildman–Crippen MR) is 127 cm³/mol. The third kappa shape index (κ3) is 5.88. The number of para-hydroxylation sites is 2. The van der Waals surface area contributed by atoms with E-state index < -0.39 is 6.10 Å². The third-order valence-corrected chi connectivity index (χ3v) is 4.87. The first-order valence-electron chi connectivity index (χ1n) is 10.6. The second-order valence-corrected chi connectivity index (χ2v) is 7.48. The molecule has 3 aromatic rings. The van der Waals surface area contributed by atoms with E-state index in [0.717, 1.165) is 16.8 Å². The third-order valence-electron chi connectivity index (χ3n) is 4.87. The Morgan fingerprint density at radius 1 is 0.906 bits per heavy atom. The molecule has 0 saturated heterocycles. The van der Waals surface area contributed by atoms with Gasteiger partial charge in [-0.2, -0.15) is 0 Å². The van der Waals surface area contributed by atoms with Crippen LogP contribution in [0.15, 0.2) is 66.7 Å². The number of hydrogen-bond acceptors (Lipinski definition) is 4. The fraction of sp³-hybridized carbons (Fsp3) is 0.231. The van der Waals surface area contributed by atoms with Crippen LogP contribution in [-0.4, -0.2) is 24.5 Å². The molecule has 3 rings (SSSR count). The minimum absolute atomic E-state index is 0.244. The molecule has 0 aliphatic carbocycles. The van der Waals surface area contributed by atoms with Crippen molar-refractivity contribution in [2.75, 3.05) is 17.2 Å². The lowest BCUT2D eigenvalue weighted by Gasteiger charge is -2.16. The highest BCUT2D eigenvalue weighted by atomic mass is 16.5. The Morgan fingerprint density at radius 3 is 2.31 bits per heavy atom. The minimum atomic E-state index is -0.701. The Bertz CT molecular complexity index is 1090. The van der Waals surface area contributed by atoms with Gasteiger partial charge >= 0.3 is 0 Å². The zero-order chi connectivity index (χ0) is 23.1. The molecule has 0 aromatic heterocycles. The molecule has 0 fully saturated rings. The quantitative estimate of drug-likeness (QED) is 0.502. The van der Waals surface area contributed by atoms with E-state index in [0.29, 0.717) is 29.4 Å². The molecule has 2 N–H and O–H groups in total. The van der Waals surface area contributed by atoms with Gasteiger partial charge in [0.1, 0.15) is 11.5 Å². The van der Waals surface area contributed by atoms with Crippen molar-refractivity contribution >= 4 is 23.2 Å². The molecular formula is C26H28N2O4. The number of anilines is 2. The predicted octanol–water partition coefficient (Wildman–Crippen LogP) is 5.36. The Labute approximate surface area is 188 Å². The molecule has 32 heavy (non-hydrogen) atoms. The van der Waals surface area contributed by atoms with Gasteiger partial charge in [0.2, 0.25) is 0 Å². The van der Waals surface area contributed by atoms with Crippen LogP contribution in [0.4, 0.5) is 11.4 Å². The van der Waals surface area contributed by atoms with Crippen LogP contribution in [0.2, 0.25) is 0 Å². The first-order valence-corrected chi connectivity index (χ1v) is 10.6. The topological polar surface area (TPSA) is 76.7 Å². The molecule has 0 saturated carbocycles. The maximum atomic E-state index is 12.6. The van der Waals surface area contributed by atoms with Gasteiger partial charge in [-0.25, -0.2) is 0 Å². The van der Waals surface area contributed by atoms with Gasteiger partial charge in [0.25, 0.3) is 11.8 Å². The Hall–Kier alpha value is -3.80. The molecule has 0 heterocycles. The number of amides is 2. The average Bonchev–Trinajstić information content (AvgIpc) is 2.77. The van der Waals surface area contributed by atoms with Gasteiger partial charge < -0.3 is 20.1 Å². The largest absolute Gasteiger partial charge is 0.492 e. The Kier molecular flexibility index (Phi) is 7.49. The van der Waals surface area contributed by atoms with Crippen molar-refractivity contribution in [2.24, 2.45) is 0 Å². The number of benzene rings is 3. The molecule has 166 valence electrons. The summed E-state index contributed by atoms with van der Waals surface area (Å²) in [6.07, 6.45) is -0.701. The summed E-state index contributed by atoms with van der Waals surface area (Å²) in [7, 11) is 0. The molecule has 1 unspecified atom stereocenters. The van der Waals surface area contributed by atoms with Gasteiger partial charge in [-0.05, 0) is 75.7 Å². The summed E-state index contributed by atoms with van der Waals surface area (Å²) in [6.45, 7) is 8.04. The van der Waals surface area contributed by atoms with Crippen LogP contribution in [-0.2, 0) is 4.79 Å². The van der Waals surface area contributed by atoms with Crippen LogP contribution in [0, 0.1) is 13.8 Å². The highest BCUT2D eigenvalue weighted by Crippen LogP contribution is 2.25. The zero-order valence-electron chi connectivity index (χ0n) is 18.8. The molecule has 0 radical (unpaired) electrons. The fourth-order valence-corrected chi connectivity index (χ4v) is 3.18. The van der Waals surface area contributed by atoms with Gasteiger partial charge in [0, 0.05) is 11.3 Å². The minimum Gasteiger partial charge on any atom is -0.492 e. The normalized spacial score (nSPS) is 11.4. The van der Waals surface area contributed by atoms with Crippen molar-refractivity contribution in [2.45, 2.75) is 33.8 Å². The second kappa shape index (κ2) is 10.5. The summed E-state index contributed by atoms with van der Waals surface area (Å²) in [5, 5.41) is 5.75. The number of aryl methyl sites for hydroxylation is 2. The molecule has 1 atom stereocenters. The summed E-state index contributed by atoms with van der Waals surface area (Å²) in [5.41, 5.74) is 3.96. The number of carbonyl (C=O) groups is 2. The highest BCUT2D eigenvalue weighted by molar-refractivity contribution is 6.05. The summed E-state index contributed by atoms with van der Waals surface area (Å²) < 4.78 is 11.3. The van der Waals surface area contributed by atoms with E-state index in [-0.39, 0.29) is 11.8 Å². The highest BCUT2D eigenvalue weighted by Gasteiger charge is 2.16. The molecule has 0 aliphatic heterocycles. The number of rotatable bonds is 8. The van der Waals surface area contributed by atoms with Crippen LogP contribution < -0.4 is 20.1 Å². The first kappa shape index (κ1) is 22.9. The zero-order valence-corrected chi connectivity index (χ0v) is 18.8. The van der Waals surface area contributed by atoms with Crippen molar-refractivity contribution in [3.63, 3.8) is 0 Å². The van der Waals surface area contributed by atoms with Gasteiger partial charge in [-0.1, -0.05) is 29.8 Å². The molecule has 0 bridgehead atoms. The molecule has 2 amide bonds. The van der Waals surface area contributed by atoms with E-state index in [2.05, 4.69) is 10.6 Å². The average molecular weight is 433 g/mol. The lowest BCUT2D eigenvalue weighted by Crippen LogP contribution is -2.30. The van der Waals surface area contributed by atoms with Crippen molar-refractivity contribution in [1.82, 2.24) is 0 Å². The SMILES string of the molecule is CCOc1ccccc1NC(=O)c1ccc(OC(C)C(=O)Nc2ccc(C)cc2C)cc1. The van der Waals surface area contributed by atoms with Crippen molar-refractivity contribution in [3.05, 3.63) is 83.4 Å². The van der Waals surface area contributed by atoms with Crippen molar-refractivity contribution in [1.29, 1.82) is 0 Å². The first-order chi connectivity index (χ1) is 15.4. The van der Waals surface area contributed by atoms with E-state index in [1.807, 2.05) is 51.1 Å². The van der Waals surface area contributed by atoms with Crippen LogP contribution in [0.5, 0.6) is 11.5 Å². The lowest BCUT2D eigenvalue weighted by atomic mass is 10.1. The fourth-order valence-electron chi connectivity index (χ4n) is 3.18. The van der Waals surface area contributed by atoms with E-state index in [9.17, 15) is 9.59 Å². The standard InChI is InChI=1S/C26H28N2O4/c1-5-31-24-9-7-6-8-23(24)28-26(30)20-11-13-21(14-12-20)32-19(4)25(29)27-22-15-10-17(2)16-18(22)3/h6-16,19H,5H2,1-4H3,(H,27,29)(H,28,30). The molecule has 0 spiro atoms. The number of nitrogens with one attached hydrogen (secondary N) is 2. The monoisotopic (exact) mass is 432 g/mol. The van der Waals surface area contributed by atoms with Crippen LogP contribution in [0.1, 0.15) is 35.3 Å². The molecule has 6 nitrogen and oxygen atoms in total. The maximum absolute atomic E-state index is 12.6. The summed E-state index contributed by atoms with van der Waals surface area (Å²) in [4.78, 5) is 25.1. The van der Waals surface area contributed by atoms with Crippen LogP contribution in [0.25, 0.3) is 0 Å². The maximum Gasteiger partial charge on any atom is 0.265 e. The summed E-state index contributed by atoms with van der Waals surface area (Å²) in [6, 6.07) is 19.8. The number of hydrogen-bond donors (Lipinski definition) is 2. The Balaban J connectivity index is 1.60. The molecular weight excluding hydrogens is 404 g/mol. The van der Waals surface area contributed by atoms with Gasteiger partial charge in [0.15, 0.2) is 6.10 Å². The Morgan fingerprint density at radius 2 is 1.62 bits per heavy atom. The molecule has 0 aliphatic rings. The van der Waals surface area contributed by atoms with Crippen LogP contribution in [0.3, 0.4) is 0 Å². The van der Waals surface area contributed by atoms with Gasteiger partial charge in [-0.3, -0.25) is 9.59 Å². The molecule has 3 aromatic carbocycles. The lowest BCUT2D eigenvalue weighted by molar-refractivity contribution is -0.122. The number of carbonyl (C=O) groups excluding carboxylic acids is 2. The van der Waals surface area contributed by atoms with Gasteiger partial charge in [0.05, 0.1) is 12.3 Å². The van der Waals surface area contributed by atoms with Crippen molar-refractivity contribution in [3.8, 4) is 11.5 Å². The van der Waals surface area contributed by atoms with E-state index in [1.54, 1.807) is 43.3 Å². The van der Waals surface area contributed by atoms with E-state index >= 15 is 0 Å². The van der Waals surface area contributed by atoms with Gasteiger partial charge in [-0.15, -0.1) is 0 Å². The van der Waals surface area contributed by atoms with E-state index in [1.165, 1.54) is 0 Å². The second-order valence-electron chi connectivity index (χ2n) is 7.48. The summed E-state index contributed by atoms with van der Waals surface area (Å²) in [5.74, 6) is 0.613. The molecule has 6 heteroatoms.